The van der Waals surface area contributed by atoms with Crippen LogP contribution in [0.1, 0.15) is 50.2 Å². The van der Waals surface area contributed by atoms with Gasteiger partial charge in [-0.25, -0.2) is 0 Å². The third-order valence-corrected chi connectivity index (χ3v) is 4.15. The number of hydrogen-bond donors (Lipinski definition) is 2. The lowest BCUT2D eigenvalue weighted by molar-refractivity contribution is -0.126. The summed E-state index contributed by atoms with van der Waals surface area (Å²) in [6.45, 7) is 3.87. The summed E-state index contributed by atoms with van der Waals surface area (Å²) in [5.74, 6) is 5.63. The van der Waals surface area contributed by atoms with Gasteiger partial charge in [0.25, 0.3) is 0 Å². The molecule has 1 amide bonds. The molecule has 1 aliphatic carbocycles. The van der Waals surface area contributed by atoms with Crippen molar-refractivity contribution in [3.8, 4) is 11.8 Å². The van der Waals surface area contributed by atoms with Gasteiger partial charge >= 0.3 is 0 Å². The van der Waals surface area contributed by atoms with Crippen molar-refractivity contribution in [1.82, 2.24) is 0 Å². The van der Waals surface area contributed by atoms with Gasteiger partial charge in [-0.15, -0.1) is 0 Å². The van der Waals surface area contributed by atoms with Crippen LogP contribution in [0.25, 0.3) is 0 Å². The molecule has 2 rings (SSSR count). The molecule has 0 atom stereocenters. The predicted molar refractivity (Wildman–Crippen MR) is 85.0 cm³/mol. The lowest BCUT2D eigenvalue weighted by atomic mass is 9.75. The average molecular weight is 285 g/mol. The van der Waals surface area contributed by atoms with Gasteiger partial charge in [0.1, 0.15) is 6.61 Å². The van der Waals surface area contributed by atoms with Crippen LogP contribution in [0.2, 0.25) is 0 Å². The summed E-state index contributed by atoms with van der Waals surface area (Å²) < 4.78 is 0. The second kappa shape index (κ2) is 6.78. The third kappa shape index (κ3) is 4.09. The Bertz CT molecular complexity index is 575. The maximum Gasteiger partial charge on any atom is 0.230 e. The van der Waals surface area contributed by atoms with Crippen molar-refractivity contribution in [3.63, 3.8) is 0 Å². The van der Waals surface area contributed by atoms with Gasteiger partial charge in [-0.05, 0) is 43.5 Å². The zero-order valence-corrected chi connectivity index (χ0v) is 12.8. The number of amides is 1. The molecular formula is C18H23NO2. The Morgan fingerprint density at radius 3 is 2.67 bits per heavy atom. The number of hydrogen-bond acceptors (Lipinski definition) is 2. The van der Waals surface area contributed by atoms with E-state index in [9.17, 15) is 4.79 Å². The van der Waals surface area contributed by atoms with Gasteiger partial charge in [0.05, 0.1) is 0 Å². The van der Waals surface area contributed by atoms with Crippen LogP contribution in [0.15, 0.2) is 18.2 Å². The Labute approximate surface area is 126 Å². The number of carbonyl (C=O) groups is 1. The molecule has 1 aromatic carbocycles. The van der Waals surface area contributed by atoms with Crippen molar-refractivity contribution >= 4 is 11.6 Å². The van der Waals surface area contributed by atoms with Crippen molar-refractivity contribution in [2.24, 2.45) is 5.41 Å². The van der Waals surface area contributed by atoms with Crippen LogP contribution in [-0.4, -0.2) is 17.6 Å². The quantitative estimate of drug-likeness (QED) is 0.820. The standard InChI is InChI=1S/C18H23NO2/c1-14-11-15(7-6-10-20)13-16(12-14)19-17(21)18(2)8-4-3-5-9-18/h11-13,20H,3-5,8-10H2,1-2H3,(H,19,21). The van der Waals surface area contributed by atoms with Crippen molar-refractivity contribution in [2.75, 3.05) is 11.9 Å². The summed E-state index contributed by atoms with van der Waals surface area (Å²) in [4.78, 5) is 12.5. The van der Waals surface area contributed by atoms with Gasteiger partial charge in [-0.1, -0.05) is 38.0 Å². The number of carbonyl (C=O) groups excluding carboxylic acids is 1. The van der Waals surface area contributed by atoms with Crippen molar-refractivity contribution in [3.05, 3.63) is 29.3 Å². The zero-order valence-electron chi connectivity index (χ0n) is 12.8. The number of nitrogens with one attached hydrogen (secondary N) is 1. The first-order valence-electron chi connectivity index (χ1n) is 7.56. The van der Waals surface area contributed by atoms with E-state index >= 15 is 0 Å². The maximum absolute atomic E-state index is 12.5. The summed E-state index contributed by atoms with van der Waals surface area (Å²) >= 11 is 0. The molecule has 3 nitrogen and oxygen atoms in total. The van der Waals surface area contributed by atoms with Crippen LogP contribution in [-0.2, 0) is 4.79 Å². The fraction of sp³-hybridized carbons (Fsp3) is 0.500. The lowest BCUT2D eigenvalue weighted by Gasteiger charge is -2.32. The molecule has 0 heterocycles. The average Bonchev–Trinajstić information content (AvgIpc) is 2.45. The largest absolute Gasteiger partial charge is 0.384 e. The number of rotatable bonds is 2. The predicted octanol–water partition coefficient (Wildman–Crippen LogP) is 3.25. The molecule has 0 spiro atoms. The van der Waals surface area contributed by atoms with Gasteiger partial charge in [0, 0.05) is 16.7 Å². The van der Waals surface area contributed by atoms with Crippen molar-refractivity contribution in [2.45, 2.75) is 46.0 Å². The highest BCUT2D eigenvalue weighted by Gasteiger charge is 2.34. The summed E-state index contributed by atoms with van der Waals surface area (Å²) in [5.41, 5.74) is 2.39. The Hall–Kier alpha value is -1.79. The van der Waals surface area contributed by atoms with Gasteiger partial charge in [-0.3, -0.25) is 4.79 Å². The highest BCUT2D eigenvalue weighted by Crippen LogP contribution is 2.36. The highest BCUT2D eigenvalue weighted by atomic mass is 16.2. The monoisotopic (exact) mass is 285 g/mol. The smallest absolute Gasteiger partial charge is 0.230 e. The van der Waals surface area contributed by atoms with Crippen LogP contribution in [0.4, 0.5) is 5.69 Å². The zero-order chi connectivity index (χ0) is 15.3. The molecule has 2 N–H and O–H groups in total. The molecule has 0 bridgehead atoms. The van der Waals surface area contributed by atoms with E-state index in [-0.39, 0.29) is 17.9 Å². The Morgan fingerprint density at radius 2 is 2.00 bits per heavy atom. The Kier molecular flexibility index (Phi) is 5.03. The van der Waals surface area contributed by atoms with E-state index in [1.807, 2.05) is 25.1 Å². The van der Waals surface area contributed by atoms with Gasteiger partial charge in [-0.2, -0.15) is 0 Å². The summed E-state index contributed by atoms with van der Waals surface area (Å²) in [6, 6.07) is 5.76. The maximum atomic E-state index is 12.5. The molecule has 0 radical (unpaired) electrons. The van der Waals surface area contributed by atoms with E-state index in [1.54, 1.807) is 0 Å². The molecule has 1 aromatic rings. The van der Waals surface area contributed by atoms with Crippen LogP contribution in [0, 0.1) is 24.2 Å². The molecule has 1 fully saturated rings. The number of benzene rings is 1. The fourth-order valence-corrected chi connectivity index (χ4v) is 2.91. The number of aliphatic hydroxyl groups excluding tert-OH is 1. The molecule has 1 aliphatic rings. The van der Waals surface area contributed by atoms with Crippen molar-refractivity contribution < 1.29 is 9.90 Å². The second-order valence-electron chi connectivity index (χ2n) is 6.12. The molecule has 0 saturated heterocycles. The van der Waals surface area contributed by atoms with E-state index in [2.05, 4.69) is 24.1 Å². The number of aliphatic hydroxyl groups is 1. The van der Waals surface area contributed by atoms with Gasteiger partial charge in [0.2, 0.25) is 5.91 Å². The Morgan fingerprint density at radius 1 is 1.29 bits per heavy atom. The van der Waals surface area contributed by atoms with E-state index < -0.39 is 0 Å². The van der Waals surface area contributed by atoms with Crippen LogP contribution < -0.4 is 5.32 Å². The highest BCUT2D eigenvalue weighted by molar-refractivity contribution is 5.95. The van der Waals surface area contributed by atoms with E-state index in [0.29, 0.717) is 0 Å². The van der Waals surface area contributed by atoms with Crippen LogP contribution >= 0.6 is 0 Å². The van der Waals surface area contributed by atoms with Gasteiger partial charge in [0.15, 0.2) is 0 Å². The molecule has 1 saturated carbocycles. The lowest BCUT2D eigenvalue weighted by Crippen LogP contribution is -2.35. The van der Waals surface area contributed by atoms with E-state index in [1.165, 1.54) is 6.42 Å². The summed E-state index contributed by atoms with van der Waals surface area (Å²) in [6.07, 6.45) is 5.41. The van der Waals surface area contributed by atoms with Crippen LogP contribution in [0.3, 0.4) is 0 Å². The molecule has 112 valence electrons. The van der Waals surface area contributed by atoms with E-state index in [0.717, 1.165) is 42.5 Å². The first-order valence-corrected chi connectivity index (χ1v) is 7.56. The summed E-state index contributed by atoms with van der Waals surface area (Å²) in [7, 11) is 0. The molecule has 0 unspecified atom stereocenters. The molecule has 0 aliphatic heterocycles. The minimum atomic E-state index is -0.251. The Balaban J connectivity index is 2.15. The fourth-order valence-electron chi connectivity index (χ4n) is 2.91. The first-order chi connectivity index (χ1) is 10.0. The molecule has 0 aromatic heterocycles. The molecular weight excluding hydrogens is 262 g/mol. The molecule has 3 heteroatoms. The minimum Gasteiger partial charge on any atom is -0.384 e. The number of aryl methyl sites for hydroxylation is 1. The van der Waals surface area contributed by atoms with E-state index in [4.69, 9.17) is 5.11 Å². The first kappa shape index (κ1) is 15.6. The third-order valence-electron chi connectivity index (χ3n) is 4.15. The van der Waals surface area contributed by atoms with Crippen molar-refractivity contribution in [1.29, 1.82) is 0 Å². The topological polar surface area (TPSA) is 49.3 Å². The normalized spacial score (nSPS) is 16.7. The number of anilines is 1. The minimum absolute atomic E-state index is 0.105. The second-order valence-corrected chi connectivity index (χ2v) is 6.12. The molecule has 21 heavy (non-hydrogen) atoms. The SMILES string of the molecule is Cc1cc(C#CCO)cc(NC(=O)C2(C)CCCCC2)c1. The van der Waals surface area contributed by atoms with Crippen LogP contribution in [0.5, 0.6) is 0 Å². The van der Waals surface area contributed by atoms with Gasteiger partial charge < -0.3 is 10.4 Å². The summed E-state index contributed by atoms with van der Waals surface area (Å²) in [5, 5.41) is 11.8.